The van der Waals surface area contributed by atoms with Crippen LogP contribution >= 0.6 is 0 Å². The van der Waals surface area contributed by atoms with E-state index in [4.69, 9.17) is 15.7 Å². The molecule has 28 heavy (non-hydrogen) atoms. The molecule has 1 heterocycles. The minimum Gasteiger partial charge on any atom is -0.439 e. The lowest BCUT2D eigenvalue weighted by atomic mass is 10.1. The molecule has 1 aromatic heterocycles. The van der Waals surface area contributed by atoms with Crippen LogP contribution in [0, 0.1) is 11.3 Å². The van der Waals surface area contributed by atoms with Crippen LogP contribution in [0.4, 0.5) is 0 Å². The summed E-state index contributed by atoms with van der Waals surface area (Å²) in [7, 11) is 0. The summed E-state index contributed by atoms with van der Waals surface area (Å²) in [6, 6.07) is 20.7. The first-order valence-electron chi connectivity index (χ1n) is 8.86. The van der Waals surface area contributed by atoms with Gasteiger partial charge in [-0.1, -0.05) is 24.3 Å². The monoisotopic (exact) mass is 372 g/mol. The van der Waals surface area contributed by atoms with E-state index in [1.165, 1.54) is 11.8 Å². The molecule has 3 N–H and O–H groups in total. The highest BCUT2D eigenvalue weighted by Crippen LogP contribution is 2.20. The minimum atomic E-state index is -0.517. The largest absolute Gasteiger partial charge is 0.439 e. The fourth-order valence-electron chi connectivity index (χ4n) is 2.59. The van der Waals surface area contributed by atoms with Gasteiger partial charge >= 0.3 is 0 Å². The summed E-state index contributed by atoms with van der Waals surface area (Å²) >= 11 is 0. The van der Waals surface area contributed by atoms with Crippen molar-refractivity contribution in [1.82, 2.24) is 10.3 Å². The van der Waals surface area contributed by atoms with E-state index < -0.39 is 5.91 Å². The zero-order valence-corrected chi connectivity index (χ0v) is 15.3. The van der Waals surface area contributed by atoms with Crippen LogP contribution < -0.4 is 15.8 Å². The lowest BCUT2D eigenvalue weighted by Crippen LogP contribution is -2.16. The van der Waals surface area contributed by atoms with Crippen molar-refractivity contribution in [2.24, 2.45) is 5.73 Å². The zero-order valence-electron chi connectivity index (χ0n) is 15.3. The fraction of sp³-hybridized carbons (Fsp3) is 0.136. The molecule has 0 saturated heterocycles. The van der Waals surface area contributed by atoms with Gasteiger partial charge in [-0.3, -0.25) is 4.79 Å². The number of benzene rings is 2. The fourth-order valence-corrected chi connectivity index (χ4v) is 2.59. The second-order valence-corrected chi connectivity index (χ2v) is 6.23. The zero-order chi connectivity index (χ0) is 19.8. The van der Waals surface area contributed by atoms with E-state index in [1.54, 1.807) is 12.1 Å². The van der Waals surface area contributed by atoms with E-state index >= 15 is 0 Å². The van der Waals surface area contributed by atoms with Gasteiger partial charge in [-0.2, -0.15) is 5.26 Å². The van der Waals surface area contributed by atoms with E-state index in [1.807, 2.05) is 48.5 Å². The molecule has 0 aliphatic carbocycles. The number of carbonyl (C=O) groups excluding carboxylic acids is 1. The molecule has 3 aromatic rings. The first-order valence-corrected chi connectivity index (χ1v) is 8.86. The molecule has 1 amide bonds. The summed E-state index contributed by atoms with van der Waals surface area (Å²) < 4.78 is 5.67. The quantitative estimate of drug-likeness (QED) is 0.592. The number of nitrogens with two attached hydrogens (primary N) is 1. The van der Waals surface area contributed by atoms with Gasteiger partial charge < -0.3 is 15.8 Å². The predicted octanol–water partition coefficient (Wildman–Crippen LogP) is 3.18. The standard InChI is InChI=1S/C22H20N4O2/c23-13-17-1-3-18(4-2-17)14-25-12-11-16-5-8-20(9-6-16)28-21-10-7-19(15-26-21)22(24)27/h1-10,15,25H,11-12,14H2,(H2,24,27). The van der Waals surface area contributed by atoms with Crippen LogP contribution in [0.5, 0.6) is 11.6 Å². The van der Waals surface area contributed by atoms with E-state index in [0.29, 0.717) is 22.8 Å². The van der Waals surface area contributed by atoms with Crippen LogP contribution in [0.1, 0.15) is 27.0 Å². The number of hydrogen-bond donors (Lipinski definition) is 2. The SMILES string of the molecule is N#Cc1ccc(CNCCc2ccc(Oc3ccc(C(N)=O)cn3)cc2)cc1. The molecular weight excluding hydrogens is 352 g/mol. The Morgan fingerprint density at radius 1 is 1.04 bits per heavy atom. The number of nitrogens with zero attached hydrogens (tertiary/aromatic N) is 2. The van der Waals surface area contributed by atoms with Crippen molar-refractivity contribution in [2.75, 3.05) is 6.54 Å². The Hall–Kier alpha value is -3.69. The number of primary amides is 1. The Balaban J connectivity index is 1.45. The van der Waals surface area contributed by atoms with Crippen LogP contribution in [0.25, 0.3) is 0 Å². The van der Waals surface area contributed by atoms with Crippen molar-refractivity contribution < 1.29 is 9.53 Å². The molecule has 2 aromatic carbocycles. The third-order valence-corrected chi connectivity index (χ3v) is 4.17. The van der Waals surface area contributed by atoms with Crippen LogP contribution in [-0.4, -0.2) is 17.4 Å². The van der Waals surface area contributed by atoms with Gasteiger partial charge in [0.15, 0.2) is 0 Å². The summed E-state index contributed by atoms with van der Waals surface area (Å²) in [6.45, 7) is 1.61. The molecule has 0 aliphatic heterocycles. The van der Waals surface area contributed by atoms with Crippen molar-refractivity contribution in [3.63, 3.8) is 0 Å². The molecular formula is C22H20N4O2. The van der Waals surface area contributed by atoms with Crippen molar-refractivity contribution in [1.29, 1.82) is 5.26 Å². The van der Waals surface area contributed by atoms with Crippen molar-refractivity contribution in [3.05, 3.63) is 89.1 Å². The Morgan fingerprint density at radius 3 is 2.36 bits per heavy atom. The maximum absolute atomic E-state index is 11.0. The number of rotatable bonds is 8. The molecule has 6 heteroatoms. The van der Waals surface area contributed by atoms with Gasteiger partial charge in [0.1, 0.15) is 5.75 Å². The van der Waals surface area contributed by atoms with Gasteiger partial charge in [0, 0.05) is 18.8 Å². The average molecular weight is 372 g/mol. The molecule has 6 nitrogen and oxygen atoms in total. The number of aromatic nitrogens is 1. The molecule has 140 valence electrons. The molecule has 0 saturated carbocycles. The Kier molecular flexibility index (Phi) is 6.34. The maximum atomic E-state index is 11.0. The molecule has 0 fully saturated rings. The number of ether oxygens (including phenoxy) is 1. The first-order chi connectivity index (χ1) is 13.6. The second-order valence-electron chi connectivity index (χ2n) is 6.23. The summed E-state index contributed by atoms with van der Waals surface area (Å²) in [6.07, 6.45) is 2.29. The number of carbonyl (C=O) groups is 1. The van der Waals surface area contributed by atoms with Crippen LogP contribution in [0.3, 0.4) is 0 Å². The third kappa shape index (κ3) is 5.40. The van der Waals surface area contributed by atoms with Gasteiger partial charge in [0.25, 0.3) is 0 Å². The highest BCUT2D eigenvalue weighted by molar-refractivity contribution is 5.92. The van der Waals surface area contributed by atoms with E-state index in [2.05, 4.69) is 16.4 Å². The topological polar surface area (TPSA) is 101 Å². The number of nitrogens with one attached hydrogen (secondary N) is 1. The lowest BCUT2D eigenvalue weighted by Gasteiger charge is -2.08. The van der Waals surface area contributed by atoms with E-state index in [9.17, 15) is 4.79 Å². The van der Waals surface area contributed by atoms with E-state index in [-0.39, 0.29) is 0 Å². The molecule has 0 spiro atoms. The van der Waals surface area contributed by atoms with Gasteiger partial charge in [-0.25, -0.2) is 4.98 Å². The normalized spacial score (nSPS) is 10.2. The van der Waals surface area contributed by atoms with Gasteiger partial charge in [-0.05, 0) is 54.4 Å². The van der Waals surface area contributed by atoms with Gasteiger partial charge in [0.05, 0.1) is 17.2 Å². The average Bonchev–Trinajstić information content (AvgIpc) is 2.73. The van der Waals surface area contributed by atoms with Crippen LogP contribution in [0.2, 0.25) is 0 Å². The molecule has 0 aliphatic rings. The molecule has 0 unspecified atom stereocenters. The summed E-state index contributed by atoms with van der Waals surface area (Å²) in [4.78, 5) is 15.1. The first kappa shape index (κ1) is 19.1. The summed E-state index contributed by atoms with van der Waals surface area (Å²) in [5.41, 5.74) is 8.55. The van der Waals surface area contributed by atoms with Crippen molar-refractivity contribution >= 4 is 5.91 Å². The smallest absolute Gasteiger partial charge is 0.250 e. The number of amides is 1. The van der Waals surface area contributed by atoms with Crippen molar-refractivity contribution in [3.8, 4) is 17.7 Å². The van der Waals surface area contributed by atoms with Gasteiger partial charge in [-0.15, -0.1) is 0 Å². The second kappa shape index (κ2) is 9.31. The van der Waals surface area contributed by atoms with Crippen LogP contribution in [-0.2, 0) is 13.0 Å². The minimum absolute atomic E-state index is 0.344. The van der Waals surface area contributed by atoms with Gasteiger partial charge in [0.2, 0.25) is 11.8 Å². The molecule has 3 rings (SSSR count). The number of pyridine rings is 1. The van der Waals surface area contributed by atoms with Crippen molar-refractivity contribution in [2.45, 2.75) is 13.0 Å². The molecule has 0 radical (unpaired) electrons. The molecule has 0 atom stereocenters. The lowest BCUT2D eigenvalue weighted by molar-refractivity contribution is 0.1000. The highest BCUT2D eigenvalue weighted by atomic mass is 16.5. The summed E-state index contributed by atoms with van der Waals surface area (Å²) in [5.74, 6) is 0.562. The number of nitriles is 1. The summed E-state index contributed by atoms with van der Waals surface area (Å²) in [5, 5.41) is 12.2. The van der Waals surface area contributed by atoms with E-state index in [0.717, 1.165) is 25.1 Å². The third-order valence-electron chi connectivity index (χ3n) is 4.17. The highest BCUT2D eigenvalue weighted by Gasteiger charge is 2.03. The Labute approximate surface area is 163 Å². The Bertz CT molecular complexity index is 959. The van der Waals surface area contributed by atoms with Crippen LogP contribution in [0.15, 0.2) is 66.9 Å². The number of hydrogen-bond acceptors (Lipinski definition) is 5. The Morgan fingerprint density at radius 2 is 1.75 bits per heavy atom. The molecule has 0 bridgehead atoms. The maximum Gasteiger partial charge on any atom is 0.250 e. The predicted molar refractivity (Wildman–Crippen MR) is 106 cm³/mol.